The van der Waals surface area contributed by atoms with Crippen LogP contribution in [0.2, 0.25) is 5.02 Å². The van der Waals surface area contributed by atoms with Crippen molar-refractivity contribution in [3.05, 3.63) is 52.6 Å². The molecule has 0 aromatic heterocycles. The fourth-order valence-corrected chi connectivity index (χ4v) is 3.67. The van der Waals surface area contributed by atoms with Crippen LogP contribution in [0, 0.1) is 10.8 Å². The quantitative estimate of drug-likeness (QED) is 0.664. The Balaban J connectivity index is 2.63. The molecule has 0 fully saturated rings. The van der Waals surface area contributed by atoms with Gasteiger partial charge in [0, 0.05) is 16.2 Å². The highest BCUT2D eigenvalue weighted by molar-refractivity contribution is 7.90. The zero-order chi connectivity index (χ0) is 19.9. The van der Waals surface area contributed by atoms with Gasteiger partial charge in [-0.05, 0) is 47.2 Å². The molecule has 0 N–H and O–H groups in total. The number of nitrogens with zero attached hydrogens (tertiary/aromatic N) is 1. The number of ketones is 1. The fourth-order valence-electron chi connectivity index (χ4n) is 2.58. The predicted octanol–water partition coefficient (Wildman–Crippen LogP) is 5.00. The number of carbonyl (C=O) groups is 1. The van der Waals surface area contributed by atoms with Crippen molar-refractivity contribution in [1.29, 1.82) is 0 Å². The van der Waals surface area contributed by atoms with Crippen molar-refractivity contribution in [2.45, 2.75) is 46.4 Å². The largest absolute Gasteiger partial charge is 0.289 e. The first kappa shape index (κ1) is 20.6. The van der Waals surface area contributed by atoms with E-state index in [2.05, 4.69) is 4.40 Å². The van der Waals surface area contributed by atoms with Crippen molar-refractivity contribution in [2.24, 2.45) is 15.2 Å². The highest BCUT2D eigenvalue weighted by Gasteiger charge is 2.34. The van der Waals surface area contributed by atoms with Crippen LogP contribution in [0.5, 0.6) is 0 Å². The molecule has 1 aromatic carbocycles. The first-order valence-corrected chi connectivity index (χ1v) is 10.1. The molecule has 0 saturated carbocycles. The molecule has 1 aromatic rings. The molecule has 4 nitrogen and oxygen atoms in total. The number of hydrogen-bond donors (Lipinski definition) is 0. The summed E-state index contributed by atoms with van der Waals surface area (Å²) in [5.74, 6) is -0.0622. The standard InChI is InChI=1S/C20H24ClNO3S/c1-19(2,3)16-11-14(12-17(18(16)23)20(4,5)6)22-26(24,25)15-9-7-13(21)8-10-15/h7-12H,1-6H3. The van der Waals surface area contributed by atoms with Crippen LogP contribution in [0.3, 0.4) is 0 Å². The predicted molar refractivity (Wildman–Crippen MR) is 106 cm³/mol. The zero-order valence-electron chi connectivity index (χ0n) is 15.9. The Hall–Kier alpha value is -1.72. The van der Waals surface area contributed by atoms with E-state index in [0.29, 0.717) is 16.2 Å². The van der Waals surface area contributed by atoms with Crippen molar-refractivity contribution < 1.29 is 13.2 Å². The van der Waals surface area contributed by atoms with E-state index in [1.807, 2.05) is 41.5 Å². The third kappa shape index (κ3) is 4.51. The Morgan fingerprint density at radius 2 is 1.27 bits per heavy atom. The van der Waals surface area contributed by atoms with E-state index in [0.717, 1.165) is 0 Å². The number of rotatable bonds is 2. The highest BCUT2D eigenvalue weighted by atomic mass is 35.5. The molecule has 0 saturated heterocycles. The molecule has 6 heteroatoms. The Bertz CT molecular complexity index is 887. The summed E-state index contributed by atoms with van der Waals surface area (Å²) < 4.78 is 29.2. The summed E-state index contributed by atoms with van der Waals surface area (Å²) >= 11 is 5.82. The molecule has 0 aliphatic heterocycles. The van der Waals surface area contributed by atoms with E-state index < -0.39 is 20.9 Å². The van der Waals surface area contributed by atoms with E-state index >= 15 is 0 Å². The van der Waals surface area contributed by atoms with Gasteiger partial charge < -0.3 is 0 Å². The number of carbonyl (C=O) groups excluding carboxylic acids is 1. The van der Waals surface area contributed by atoms with Crippen LogP contribution in [-0.2, 0) is 14.8 Å². The molecule has 0 bridgehead atoms. The lowest BCUT2D eigenvalue weighted by molar-refractivity contribution is -0.114. The van der Waals surface area contributed by atoms with Gasteiger partial charge in [0.25, 0.3) is 10.0 Å². The van der Waals surface area contributed by atoms with Crippen LogP contribution in [0.15, 0.2) is 56.9 Å². The van der Waals surface area contributed by atoms with Gasteiger partial charge in [0.2, 0.25) is 0 Å². The number of Topliss-reactive ketones (excluding diaryl/α,β-unsaturated/α-hetero) is 1. The second-order valence-electron chi connectivity index (χ2n) is 8.39. The SMILES string of the molecule is CC(C)(C)C1=CC(=NS(=O)(=O)c2ccc(Cl)cc2)C=C(C(C)(C)C)C1=O. The number of hydrogen-bond acceptors (Lipinski definition) is 3. The van der Waals surface area contributed by atoms with Crippen LogP contribution in [0.1, 0.15) is 41.5 Å². The maximum absolute atomic E-state index is 12.9. The van der Waals surface area contributed by atoms with Gasteiger partial charge in [0.05, 0.1) is 10.6 Å². The van der Waals surface area contributed by atoms with Crippen molar-refractivity contribution >= 4 is 33.1 Å². The fraction of sp³-hybridized carbons (Fsp3) is 0.400. The number of allylic oxidation sites excluding steroid dienone is 4. The minimum absolute atomic E-state index is 0.0581. The number of benzene rings is 1. The van der Waals surface area contributed by atoms with Crippen LogP contribution in [0.25, 0.3) is 0 Å². The highest BCUT2D eigenvalue weighted by Crippen LogP contribution is 2.37. The summed E-state index contributed by atoms with van der Waals surface area (Å²) in [4.78, 5) is 12.9. The second-order valence-corrected chi connectivity index (χ2v) is 10.4. The minimum atomic E-state index is -3.90. The molecule has 0 heterocycles. The van der Waals surface area contributed by atoms with Gasteiger partial charge in [-0.25, -0.2) is 0 Å². The Kier molecular flexibility index (Phi) is 5.37. The Morgan fingerprint density at radius 1 is 0.846 bits per heavy atom. The van der Waals surface area contributed by atoms with Gasteiger partial charge in [0.15, 0.2) is 5.78 Å². The van der Waals surface area contributed by atoms with E-state index in [-0.39, 0.29) is 16.4 Å². The van der Waals surface area contributed by atoms with E-state index in [1.165, 1.54) is 24.3 Å². The normalized spacial score (nSPS) is 16.3. The lowest BCUT2D eigenvalue weighted by atomic mass is 9.72. The molecule has 140 valence electrons. The number of halogens is 1. The first-order chi connectivity index (χ1) is 11.7. The third-order valence-electron chi connectivity index (χ3n) is 4.03. The van der Waals surface area contributed by atoms with Gasteiger partial charge in [-0.2, -0.15) is 12.8 Å². The van der Waals surface area contributed by atoms with Crippen molar-refractivity contribution in [1.82, 2.24) is 0 Å². The van der Waals surface area contributed by atoms with Crippen LogP contribution in [-0.4, -0.2) is 19.9 Å². The van der Waals surface area contributed by atoms with Gasteiger partial charge in [-0.15, -0.1) is 0 Å². The summed E-state index contributed by atoms with van der Waals surface area (Å²) in [7, 11) is -3.90. The van der Waals surface area contributed by atoms with Crippen molar-refractivity contribution in [3.63, 3.8) is 0 Å². The molecule has 0 amide bonds. The molecule has 26 heavy (non-hydrogen) atoms. The Labute approximate surface area is 160 Å². The molecule has 1 aliphatic rings. The van der Waals surface area contributed by atoms with E-state index in [9.17, 15) is 13.2 Å². The van der Waals surface area contributed by atoms with Crippen LogP contribution in [0.4, 0.5) is 0 Å². The maximum Gasteiger partial charge on any atom is 0.282 e. The summed E-state index contributed by atoms with van der Waals surface area (Å²) in [6.45, 7) is 11.5. The smallest absolute Gasteiger partial charge is 0.282 e. The van der Waals surface area contributed by atoms with Crippen LogP contribution >= 0.6 is 11.6 Å². The molecular formula is C20H24ClNO3S. The summed E-state index contributed by atoms with van der Waals surface area (Å²) in [6, 6.07) is 5.84. The summed E-state index contributed by atoms with van der Waals surface area (Å²) in [5.41, 5.74) is 0.513. The zero-order valence-corrected chi connectivity index (χ0v) is 17.5. The van der Waals surface area contributed by atoms with E-state index in [4.69, 9.17) is 11.6 Å². The minimum Gasteiger partial charge on any atom is -0.289 e. The topological polar surface area (TPSA) is 63.6 Å². The van der Waals surface area contributed by atoms with Crippen molar-refractivity contribution in [3.8, 4) is 0 Å². The average Bonchev–Trinajstić information content (AvgIpc) is 2.46. The van der Waals surface area contributed by atoms with Gasteiger partial charge in [-0.3, -0.25) is 4.79 Å². The molecular weight excluding hydrogens is 370 g/mol. The maximum atomic E-state index is 12.9. The molecule has 0 radical (unpaired) electrons. The Morgan fingerprint density at radius 3 is 1.65 bits per heavy atom. The average molecular weight is 394 g/mol. The third-order valence-corrected chi connectivity index (χ3v) is 5.60. The molecule has 2 rings (SSSR count). The van der Waals surface area contributed by atoms with Gasteiger partial charge in [-0.1, -0.05) is 53.1 Å². The molecule has 0 spiro atoms. The lowest BCUT2D eigenvalue weighted by Crippen LogP contribution is -2.29. The lowest BCUT2D eigenvalue weighted by Gasteiger charge is -2.30. The second kappa shape index (κ2) is 6.78. The summed E-state index contributed by atoms with van der Waals surface area (Å²) in [6.07, 6.45) is 3.15. The monoisotopic (exact) mass is 393 g/mol. The van der Waals surface area contributed by atoms with Crippen LogP contribution < -0.4 is 0 Å². The summed E-state index contributed by atoms with van der Waals surface area (Å²) in [5, 5.41) is 0.449. The van der Waals surface area contributed by atoms with Gasteiger partial charge in [0.1, 0.15) is 0 Å². The molecule has 0 unspecified atom stereocenters. The van der Waals surface area contributed by atoms with Gasteiger partial charge >= 0.3 is 0 Å². The molecule has 1 aliphatic carbocycles. The molecule has 0 atom stereocenters. The number of sulfonamides is 1. The first-order valence-electron chi connectivity index (χ1n) is 8.31. The van der Waals surface area contributed by atoms with E-state index in [1.54, 1.807) is 12.2 Å². The van der Waals surface area contributed by atoms with Crippen molar-refractivity contribution in [2.75, 3.05) is 0 Å².